The van der Waals surface area contributed by atoms with Gasteiger partial charge in [-0.15, -0.1) is 11.3 Å². The number of fused-ring (bicyclic) bond motifs is 1. The van der Waals surface area contributed by atoms with Crippen molar-refractivity contribution < 1.29 is 13.2 Å². The lowest BCUT2D eigenvalue weighted by atomic mass is 10.2. The second-order valence-corrected chi connectivity index (χ2v) is 8.77. The third kappa shape index (κ3) is 3.60. The highest BCUT2D eigenvalue weighted by Gasteiger charge is 2.15. The van der Waals surface area contributed by atoms with Crippen LogP contribution in [0.5, 0.6) is 0 Å². The summed E-state index contributed by atoms with van der Waals surface area (Å²) in [5, 5.41) is 0.813. The molecule has 0 radical (unpaired) electrons. The maximum Gasteiger partial charge on any atom is 0.261 e. The van der Waals surface area contributed by atoms with E-state index in [1.54, 1.807) is 29.5 Å². The van der Waals surface area contributed by atoms with E-state index >= 15 is 0 Å². The lowest BCUT2D eigenvalue weighted by Crippen LogP contribution is -2.14. The fraction of sp³-hybridized carbons (Fsp3) is 0. The highest BCUT2D eigenvalue weighted by atomic mass is 32.2. The van der Waals surface area contributed by atoms with Crippen molar-refractivity contribution in [1.82, 2.24) is 4.98 Å². The molecule has 0 fully saturated rings. The van der Waals surface area contributed by atoms with E-state index in [9.17, 15) is 13.2 Å². The first kappa shape index (κ1) is 18.1. The fourth-order valence-electron chi connectivity index (χ4n) is 2.72. The number of thiazole rings is 1. The van der Waals surface area contributed by atoms with Crippen LogP contribution in [0.4, 0.5) is 5.69 Å². The zero-order valence-corrected chi connectivity index (χ0v) is 16.1. The minimum absolute atomic E-state index is 0.0443. The van der Waals surface area contributed by atoms with Gasteiger partial charge in [-0.05, 0) is 48.5 Å². The molecular formula is C20H15N3O3S2. The van der Waals surface area contributed by atoms with Crippen LogP contribution in [0.15, 0.2) is 77.7 Å². The maximum absolute atomic E-state index is 12.6. The largest absolute Gasteiger partial charge is 0.366 e. The van der Waals surface area contributed by atoms with Crippen LogP contribution in [0.25, 0.3) is 20.8 Å². The average Bonchev–Trinajstić information content (AvgIpc) is 3.12. The summed E-state index contributed by atoms with van der Waals surface area (Å²) in [4.78, 5) is 15.8. The van der Waals surface area contributed by atoms with Crippen molar-refractivity contribution in [3.8, 4) is 10.6 Å². The molecule has 0 atom stereocenters. The Morgan fingerprint density at radius 3 is 2.43 bits per heavy atom. The number of carbonyl (C=O) groups excluding carboxylic acids is 1. The first-order valence-corrected chi connectivity index (χ1v) is 10.6. The first-order valence-electron chi connectivity index (χ1n) is 8.31. The summed E-state index contributed by atoms with van der Waals surface area (Å²) in [6.07, 6.45) is 0. The molecule has 0 aliphatic carbocycles. The minimum Gasteiger partial charge on any atom is -0.366 e. The van der Waals surface area contributed by atoms with Gasteiger partial charge < -0.3 is 5.73 Å². The number of carbonyl (C=O) groups is 1. The highest BCUT2D eigenvalue weighted by molar-refractivity contribution is 7.92. The number of anilines is 1. The molecule has 3 aromatic carbocycles. The fourth-order valence-corrected chi connectivity index (χ4v) is 4.74. The van der Waals surface area contributed by atoms with Gasteiger partial charge in [-0.2, -0.15) is 0 Å². The Morgan fingerprint density at radius 2 is 1.71 bits per heavy atom. The van der Waals surface area contributed by atoms with Crippen molar-refractivity contribution in [2.24, 2.45) is 5.73 Å². The SMILES string of the molecule is NC(=O)c1ccc(S(=O)(=O)Nc2cccc(-c3nc4ccccc4s3)c2)cc1. The second-order valence-electron chi connectivity index (χ2n) is 6.06. The van der Waals surface area contributed by atoms with Gasteiger partial charge in [-0.3, -0.25) is 9.52 Å². The van der Waals surface area contributed by atoms with E-state index in [4.69, 9.17) is 5.73 Å². The Morgan fingerprint density at radius 1 is 0.964 bits per heavy atom. The number of aromatic nitrogens is 1. The summed E-state index contributed by atoms with van der Waals surface area (Å²) in [7, 11) is -3.80. The van der Waals surface area contributed by atoms with Crippen LogP contribution in [-0.4, -0.2) is 19.3 Å². The quantitative estimate of drug-likeness (QED) is 0.522. The zero-order chi connectivity index (χ0) is 19.7. The number of nitrogens with two attached hydrogens (primary N) is 1. The number of nitrogens with one attached hydrogen (secondary N) is 1. The molecule has 0 saturated heterocycles. The molecule has 1 heterocycles. The number of hydrogen-bond acceptors (Lipinski definition) is 5. The standard InChI is InChI=1S/C20H15N3O3S2/c21-19(24)13-8-10-16(11-9-13)28(25,26)23-15-5-3-4-14(12-15)20-22-17-6-1-2-7-18(17)27-20/h1-12,23H,(H2,21,24). The summed E-state index contributed by atoms with van der Waals surface area (Å²) in [6.45, 7) is 0. The normalized spacial score (nSPS) is 11.4. The summed E-state index contributed by atoms with van der Waals surface area (Å²) < 4.78 is 28.9. The number of nitrogens with zero attached hydrogens (tertiary/aromatic N) is 1. The highest BCUT2D eigenvalue weighted by Crippen LogP contribution is 2.31. The van der Waals surface area contributed by atoms with Crippen molar-refractivity contribution in [3.05, 3.63) is 78.4 Å². The van der Waals surface area contributed by atoms with Gasteiger partial charge >= 0.3 is 0 Å². The lowest BCUT2D eigenvalue weighted by Gasteiger charge is -2.09. The monoisotopic (exact) mass is 409 g/mol. The molecular weight excluding hydrogens is 394 g/mol. The molecule has 4 aromatic rings. The second kappa shape index (κ2) is 7.06. The van der Waals surface area contributed by atoms with Gasteiger partial charge in [0.05, 0.1) is 15.1 Å². The first-order chi connectivity index (χ1) is 13.4. The number of amides is 1. The predicted molar refractivity (Wildman–Crippen MR) is 111 cm³/mol. The van der Waals surface area contributed by atoms with Crippen LogP contribution in [0.1, 0.15) is 10.4 Å². The molecule has 6 nitrogen and oxygen atoms in total. The van der Waals surface area contributed by atoms with Crippen LogP contribution in [-0.2, 0) is 10.0 Å². The summed E-state index contributed by atoms with van der Waals surface area (Å²) in [6, 6.07) is 20.4. The molecule has 140 valence electrons. The number of hydrogen-bond donors (Lipinski definition) is 2. The van der Waals surface area contributed by atoms with E-state index in [-0.39, 0.29) is 10.5 Å². The smallest absolute Gasteiger partial charge is 0.261 e. The predicted octanol–water partition coefficient (Wildman–Crippen LogP) is 3.86. The Kier molecular flexibility index (Phi) is 4.58. The molecule has 0 aliphatic rings. The van der Waals surface area contributed by atoms with Gasteiger partial charge in [-0.25, -0.2) is 13.4 Å². The Labute approximate surface area is 165 Å². The Balaban J connectivity index is 1.63. The summed E-state index contributed by atoms with van der Waals surface area (Å²) in [5.41, 5.74) is 7.59. The van der Waals surface area contributed by atoms with Crippen LogP contribution >= 0.6 is 11.3 Å². The van der Waals surface area contributed by atoms with E-state index in [2.05, 4.69) is 9.71 Å². The van der Waals surface area contributed by atoms with Gasteiger partial charge in [-0.1, -0.05) is 24.3 Å². The van der Waals surface area contributed by atoms with Crippen molar-refractivity contribution >= 4 is 43.2 Å². The summed E-state index contributed by atoms with van der Waals surface area (Å²) in [5.74, 6) is -0.611. The van der Waals surface area contributed by atoms with Crippen LogP contribution in [0.3, 0.4) is 0 Å². The molecule has 0 spiro atoms. The third-order valence-electron chi connectivity index (χ3n) is 4.10. The molecule has 0 aliphatic heterocycles. The van der Waals surface area contributed by atoms with Crippen molar-refractivity contribution in [3.63, 3.8) is 0 Å². The van der Waals surface area contributed by atoms with Gasteiger partial charge in [0.2, 0.25) is 5.91 Å². The number of para-hydroxylation sites is 1. The van der Waals surface area contributed by atoms with Crippen molar-refractivity contribution in [1.29, 1.82) is 0 Å². The zero-order valence-electron chi connectivity index (χ0n) is 14.5. The molecule has 1 amide bonds. The Bertz CT molecular complexity index is 1250. The molecule has 0 bridgehead atoms. The molecule has 28 heavy (non-hydrogen) atoms. The Hall–Kier alpha value is -3.23. The molecule has 0 saturated carbocycles. The van der Waals surface area contributed by atoms with E-state index in [0.717, 1.165) is 20.8 Å². The molecule has 3 N–H and O–H groups in total. The molecule has 8 heteroatoms. The lowest BCUT2D eigenvalue weighted by molar-refractivity contribution is 0.1000. The maximum atomic E-state index is 12.6. The van der Waals surface area contributed by atoms with Gasteiger partial charge in [0.15, 0.2) is 0 Å². The number of rotatable bonds is 5. The summed E-state index contributed by atoms with van der Waals surface area (Å²) >= 11 is 1.55. The van der Waals surface area contributed by atoms with E-state index in [1.807, 2.05) is 30.3 Å². The van der Waals surface area contributed by atoms with Crippen molar-refractivity contribution in [2.75, 3.05) is 4.72 Å². The number of benzene rings is 3. The van der Waals surface area contributed by atoms with Gasteiger partial charge in [0.25, 0.3) is 10.0 Å². The van der Waals surface area contributed by atoms with E-state index < -0.39 is 15.9 Å². The topological polar surface area (TPSA) is 102 Å². The van der Waals surface area contributed by atoms with E-state index in [0.29, 0.717) is 5.69 Å². The third-order valence-corrected chi connectivity index (χ3v) is 6.59. The van der Waals surface area contributed by atoms with E-state index in [1.165, 1.54) is 24.3 Å². The molecule has 0 unspecified atom stereocenters. The average molecular weight is 409 g/mol. The van der Waals surface area contributed by atoms with Crippen LogP contribution in [0.2, 0.25) is 0 Å². The number of sulfonamides is 1. The van der Waals surface area contributed by atoms with Crippen LogP contribution in [0, 0.1) is 0 Å². The van der Waals surface area contributed by atoms with Crippen molar-refractivity contribution in [2.45, 2.75) is 4.90 Å². The molecule has 4 rings (SSSR count). The van der Waals surface area contributed by atoms with Crippen LogP contribution < -0.4 is 10.5 Å². The minimum atomic E-state index is -3.80. The van der Waals surface area contributed by atoms with Gasteiger partial charge in [0.1, 0.15) is 5.01 Å². The number of primary amides is 1. The molecule has 1 aromatic heterocycles. The van der Waals surface area contributed by atoms with Gasteiger partial charge in [0, 0.05) is 16.8 Å².